The number of nitrogens with one attached hydrogen (secondary N) is 1. The van der Waals surface area contributed by atoms with Crippen LogP contribution in [0.15, 0.2) is 18.2 Å². The molecule has 94 valence electrons. The van der Waals surface area contributed by atoms with E-state index in [0.717, 1.165) is 36.8 Å². The van der Waals surface area contributed by atoms with Gasteiger partial charge >= 0.3 is 0 Å². The standard InChI is InChI=1S/C14H20ClNO/c1-3-16-14(12-6-7-17-9-12)11-4-5-13(15)10(2)8-11/h4-5,8,12,14,16H,3,6-7,9H2,1-2H3. The summed E-state index contributed by atoms with van der Waals surface area (Å²) >= 11 is 6.08. The molecule has 17 heavy (non-hydrogen) atoms. The Morgan fingerprint density at radius 3 is 2.94 bits per heavy atom. The second kappa shape index (κ2) is 5.85. The quantitative estimate of drug-likeness (QED) is 0.889. The van der Waals surface area contributed by atoms with E-state index < -0.39 is 0 Å². The molecular weight excluding hydrogens is 234 g/mol. The normalized spacial score (nSPS) is 21.7. The Kier molecular flexibility index (Phi) is 4.43. The van der Waals surface area contributed by atoms with Gasteiger partial charge in [0.15, 0.2) is 0 Å². The lowest BCUT2D eigenvalue weighted by Crippen LogP contribution is -2.28. The molecular formula is C14H20ClNO. The van der Waals surface area contributed by atoms with Crippen molar-refractivity contribution in [1.82, 2.24) is 5.32 Å². The van der Waals surface area contributed by atoms with E-state index in [4.69, 9.17) is 16.3 Å². The largest absolute Gasteiger partial charge is 0.381 e. The predicted octanol–water partition coefficient (Wildman–Crippen LogP) is 3.34. The number of hydrogen-bond donors (Lipinski definition) is 1. The molecule has 0 aromatic heterocycles. The van der Waals surface area contributed by atoms with E-state index in [9.17, 15) is 0 Å². The minimum atomic E-state index is 0.387. The van der Waals surface area contributed by atoms with Crippen LogP contribution in [0.1, 0.15) is 30.5 Å². The summed E-state index contributed by atoms with van der Waals surface area (Å²) in [4.78, 5) is 0. The Morgan fingerprint density at radius 1 is 1.53 bits per heavy atom. The Balaban J connectivity index is 2.21. The van der Waals surface area contributed by atoms with E-state index in [0.29, 0.717) is 12.0 Å². The summed E-state index contributed by atoms with van der Waals surface area (Å²) in [5.74, 6) is 0.579. The van der Waals surface area contributed by atoms with Gasteiger partial charge in [-0.1, -0.05) is 30.7 Å². The van der Waals surface area contributed by atoms with Gasteiger partial charge in [0.25, 0.3) is 0 Å². The molecule has 0 aliphatic carbocycles. The first-order valence-corrected chi connectivity index (χ1v) is 6.67. The molecule has 0 radical (unpaired) electrons. The molecule has 1 aromatic carbocycles. The summed E-state index contributed by atoms with van der Waals surface area (Å²) in [7, 11) is 0. The average molecular weight is 254 g/mol. The summed E-state index contributed by atoms with van der Waals surface area (Å²) < 4.78 is 5.49. The molecule has 1 saturated heterocycles. The van der Waals surface area contributed by atoms with E-state index in [2.05, 4.69) is 31.3 Å². The fourth-order valence-electron chi connectivity index (χ4n) is 2.45. The number of rotatable bonds is 4. The van der Waals surface area contributed by atoms with Gasteiger partial charge in [0.1, 0.15) is 0 Å². The third kappa shape index (κ3) is 3.01. The minimum absolute atomic E-state index is 0.387. The monoisotopic (exact) mass is 253 g/mol. The third-order valence-electron chi connectivity index (χ3n) is 3.40. The first-order valence-electron chi connectivity index (χ1n) is 6.29. The zero-order chi connectivity index (χ0) is 12.3. The summed E-state index contributed by atoms with van der Waals surface area (Å²) in [6.45, 7) is 6.92. The van der Waals surface area contributed by atoms with Crippen molar-refractivity contribution in [3.63, 3.8) is 0 Å². The molecule has 0 bridgehead atoms. The van der Waals surface area contributed by atoms with Crippen LogP contribution in [0.2, 0.25) is 5.02 Å². The van der Waals surface area contributed by atoms with Crippen LogP contribution in [0.4, 0.5) is 0 Å². The second-order valence-corrected chi connectivity index (χ2v) is 5.07. The Hall–Kier alpha value is -0.570. The molecule has 2 nitrogen and oxygen atoms in total. The van der Waals surface area contributed by atoms with Crippen LogP contribution in [-0.4, -0.2) is 19.8 Å². The second-order valence-electron chi connectivity index (χ2n) is 4.67. The van der Waals surface area contributed by atoms with Crippen molar-refractivity contribution in [3.8, 4) is 0 Å². The molecule has 3 heteroatoms. The van der Waals surface area contributed by atoms with Crippen molar-refractivity contribution in [2.45, 2.75) is 26.3 Å². The Labute approximate surface area is 108 Å². The molecule has 1 aliphatic rings. The van der Waals surface area contributed by atoms with Crippen LogP contribution in [-0.2, 0) is 4.74 Å². The van der Waals surface area contributed by atoms with Gasteiger partial charge < -0.3 is 10.1 Å². The van der Waals surface area contributed by atoms with Crippen LogP contribution in [0, 0.1) is 12.8 Å². The van der Waals surface area contributed by atoms with Gasteiger partial charge in [-0.2, -0.15) is 0 Å². The highest BCUT2D eigenvalue weighted by Gasteiger charge is 2.26. The summed E-state index contributed by atoms with van der Waals surface area (Å²) in [6.07, 6.45) is 1.14. The van der Waals surface area contributed by atoms with Crippen LogP contribution < -0.4 is 5.32 Å². The maximum absolute atomic E-state index is 6.08. The van der Waals surface area contributed by atoms with Crippen molar-refractivity contribution < 1.29 is 4.74 Å². The van der Waals surface area contributed by atoms with Crippen molar-refractivity contribution in [2.24, 2.45) is 5.92 Å². The molecule has 0 spiro atoms. The van der Waals surface area contributed by atoms with Gasteiger partial charge in [-0.15, -0.1) is 0 Å². The number of hydrogen-bond acceptors (Lipinski definition) is 2. The molecule has 1 aromatic rings. The Morgan fingerprint density at radius 2 is 2.35 bits per heavy atom. The fraction of sp³-hybridized carbons (Fsp3) is 0.571. The molecule has 2 rings (SSSR count). The maximum Gasteiger partial charge on any atom is 0.0513 e. The highest BCUT2D eigenvalue weighted by molar-refractivity contribution is 6.31. The van der Waals surface area contributed by atoms with E-state index in [1.807, 2.05) is 6.07 Å². The van der Waals surface area contributed by atoms with E-state index in [1.165, 1.54) is 5.56 Å². The smallest absolute Gasteiger partial charge is 0.0513 e. The van der Waals surface area contributed by atoms with Crippen LogP contribution in [0.25, 0.3) is 0 Å². The molecule has 2 atom stereocenters. The van der Waals surface area contributed by atoms with Crippen molar-refractivity contribution >= 4 is 11.6 Å². The van der Waals surface area contributed by atoms with Gasteiger partial charge in [-0.05, 0) is 37.1 Å². The highest BCUT2D eigenvalue weighted by Crippen LogP contribution is 2.30. The highest BCUT2D eigenvalue weighted by atomic mass is 35.5. The van der Waals surface area contributed by atoms with Gasteiger partial charge in [0, 0.05) is 23.6 Å². The number of aryl methyl sites for hydroxylation is 1. The molecule has 1 aliphatic heterocycles. The van der Waals surface area contributed by atoms with E-state index >= 15 is 0 Å². The molecule has 0 amide bonds. The van der Waals surface area contributed by atoms with Crippen LogP contribution in [0.5, 0.6) is 0 Å². The van der Waals surface area contributed by atoms with Crippen LogP contribution in [0.3, 0.4) is 0 Å². The Bertz CT molecular complexity index is 374. The summed E-state index contributed by atoms with van der Waals surface area (Å²) in [6, 6.07) is 6.69. The number of ether oxygens (including phenoxy) is 1. The van der Waals surface area contributed by atoms with Gasteiger partial charge in [-0.3, -0.25) is 0 Å². The lowest BCUT2D eigenvalue weighted by Gasteiger charge is -2.24. The van der Waals surface area contributed by atoms with E-state index in [1.54, 1.807) is 0 Å². The molecule has 2 unspecified atom stereocenters. The predicted molar refractivity (Wildman–Crippen MR) is 71.5 cm³/mol. The SMILES string of the molecule is CCNC(c1ccc(Cl)c(C)c1)C1CCOC1. The van der Waals surface area contributed by atoms with Crippen molar-refractivity contribution in [1.29, 1.82) is 0 Å². The first kappa shape index (κ1) is 12.9. The number of benzene rings is 1. The average Bonchev–Trinajstić information content (AvgIpc) is 2.83. The van der Waals surface area contributed by atoms with Crippen molar-refractivity contribution in [2.75, 3.05) is 19.8 Å². The summed E-state index contributed by atoms with van der Waals surface area (Å²) in [5, 5.41) is 4.40. The van der Waals surface area contributed by atoms with Crippen LogP contribution >= 0.6 is 11.6 Å². The molecule has 1 heterocycles. The lowest BCUT2D eigenvalue weighted by molar-refractivity contribution is 0.177. The molecule has 1 N–H and O–H groups in total. The van der Waals surface area contributed by atoms with Gasteiger partial charge in [0.05, 0.1) is 6.61 Å². The zero-order valence-electron chi connectivity index (χ0n) is 10.5. The first-order chi connectivity index (χ1) is 8.22. The van der Waals surface area contributed by atoms with Gasteiger partial charge in [-0.25, -0.2) is 0 Å². The maximum atomic E-state index is 6.08. The fourth-order valence-corrected chi connectivity index (χ4v) is 2.57. The molecule has 1 fully saturated rings. The lowest BCUT2D eigenvalue weighted by atomic mass is 9.91. The minimum Gasteiger partial charge on any atom is -0.381 e. The van der Waals surface area contributed by atoms with E-state index in [-0.39, 0.29) is 0 Å². The molecule has 0 saturated carbocycles. The topological polar surface area (TPSA) is 21.3 Å². The summed E-state index contributed by atoms with van der Waals surface area (Å²) in [5.41, 5.74) is 2.47. The van der Waals surface area contributed by atoms with Crippen molar-refractivity contribution in [3.05, 3.63) is 34.3 Å². The number of halogens is 1. The van der Waals surface area contributed by atoms with Gasteiger partial charge in [0.2, 0.25) is 0 Å². The third-order valence-corrected chi connectivity index (χ3v) is 3.83. The zero-order valence-corrected chi connectivity index (χ0v) is 11.3.